The van der Waals surface area contributed by atoms with Crippen LogP contribution in [0.5, 0.6) is 0 Å². The second-order valence-electron chi connectivity index (χ2n) is 3.99. The average molecular weight is 184 g/mol. The van der Waals surface area contributed by atoms with Gasteiger partial charge < -0.3 is 5.32 Å². The summed E-state index contributed by atoms with van der Waals surface area (Å²) in [5, 5.41) is 2.65. The van der Waals surface area contributed by atoms with E-state index in [0.717, 1.165) is 6.42 Å². The molecule has 1 atom stereocenters. The van der Waals surface area contributed by atoms with Gasteiger partial charge in [0, 0.05) is 6.04 Å². The second kappa shape index (κ2) is 3.01. The van der Waals surface area contributed by atoms with E-state index in [1.165, 1.54) is 4.90 Å². The molecule has 13 heavy (non-hydrogen) atoms. The summed E-state index contributed by atoms with van der Waals surface area (Å²) in [4.78, 5) is 24.4. The van der Waals surface area contributed by atoms with E-state index in [9.17, 15) is 9.59 Å². The van der Waals surface area contributed by atoms with Gasteiger partial charge in [0.05, 0.1) is 0 Å². The van der Waals surface area contributed by atoms with Crippen LogP contribution in [0.25, 0.3) is 0 Å². The summed E-state index contributed by atoms with van der Waals surface area (Å²) in [5.74, 6) is -0.133. The lowest BCUT2D eigenvalue weighted by Crippen LogP contribution is -2.42. The first kappa shape index (κ1) is 10.0. The number of carbonyl (C=O) groups is 2. The van der Waals surface area contributed by atoms with Gasteiger partial charge in [-0.2, -0.15) is 0 Å². The van der Waals surface area contributed by atoms with Crippen molar-refractivity contribution in [1.29, 1.82) is 0 Å². The number of hydrogen-bond donors (Lipinski definition) is 1. The third kappa shape index (κ3) is 1.53. The van der Waals surface area contributed by atoms with Crippen LogP contribution in [0.1, 0.15) is 34.1 Å². The first-order valence-corrected chi connectivity index (χ1v) is 4.56. The molecule has 4 heteroatoms. The lowest BCUT2D eigenvalue weighted by atomic mass is 10.1. The zero-order valence-electron chi connectivity index (χ0n) is 8.55. The zero-order chi connectivity index (χ0) is 10.2. The van der Waals surface area contributed by atoms with Crippen molar-refractivity contribution in [3.8, 4) is 0 Å². The molecule has 1 aliphatic heterocycles. The van der Waals surface area contributed by atoms with Gasteiger partial charge in [-0.05, 0) is 27.2 Å². The molecule has 4 nitrogen and oxygen atoms in total. The first-order valence-electron chi connectivity index (χ1n) is 4.56. The molecular weight excluding hydrogens is 168 g/mol. The number of amides is 3. The summed E-state index contributed by atoms with van der Waals surface area (Å²) < 4.78 is 0. The number of imide groups is 1. The molecule has 3 amide bonds. The number of hydrogen-bond acceptors (Lipinski definition) is 2. The third-order valence-electron chi connectivity index (χ3n) is 2.42. The van der Waals surface area contributed by atoms with Crippen LogP contribution in [-0.4, -0.2) is 28.4 Å². The SMILES string of the molecule is CCC(C)N1C(=O)NC(C)(C)C1=O. The Morgan fingerprint density at radius 1 is 1.46 bits per heavy atom. The van der Waals surface area contributed by atoms with Gasteiger partial charge in [0.1, 0.15) is 5.54 Å². The van der Waals surface area contributed by atoms with Crippen LogP contribution in [0, 0.1) is 0 Å². The molecule has 74 valence electrons. The van der Waals surface area contributed by atoms with Gasteiger partial charge in [0.15, 0.2) is 0 Å². The fraction of sp³-hybridized carbons (Fsp3) is 0.778. The van der Waals surface area contributed by atoms with E-state index in [1.807, 2.05) is 13.8 Å². The summed E-state index contributed by atoms with van der Waals surface area (Å²) in [7, 11) is 0. The Hall–Kier alpha value is -1.06. The van der Waals surface area contributed by atoms with Gasteiger partial charge in [-0.15, -0.1) is 0 Å². The minimum absolute atomic E-state index is 0.0192. The Morgan fingerprint density at radius 2 is 2.00 bits per heavy atom. The molecule has 0 spiro atoms. The summed E-state index contributed by atoms with van der Waals surface area (Å²) in [6.07, 6.45) is 0.787. The molecule has 0 aromatic rings. The van der Waals surface area contributed by atoms with Gasteiger partial charge in [-0.25, -0.2) is 4.79 Å². The minimum atomic E-state index is -0.736. The van der Waals surface area contributed by atoms with E-state index < -0.39 is 5.54 Å². The van der Waals surface area contributed by atoms with E-state index in [4.69, 9.17) is 0 Å². The maximum Gasteiger partial charge on any atom is 0.325 e. The zero-order valence-corrected chi connectivity index (χ0v) is 8.55. The summed E-state index contributed by atoms with van der Waals surface area (Å²) >= 11 is 0. The molecule has 0 bridgehead atoms. The van der Waals surface area contributed by atoms with Crippen LogP contribution in [0.3, 0.4) is 0 Å². The second-order valence-corrected chi connectivity index (χ2v) is 3.99. The maximum absolute atomic E-state index is 11.7. The molecule has 1 unspecified atom stereocenters. The number of nitrogens with one attached hydrogen (secondary N) is 1. The molecule has 0 aromatic heterocycles. The summed E-state index contributed by atoms with van der Waals surface area (Å²) in [5.41, 5.74) is -0.736. The predicted octanol–water partition coefficient (Wildman–Crippen LogP) is 1.12. The van der Waals surface area contributed by atoms with Gasteiger partial charge in [0.2, 0.25) is 0 Å². The Kier molecular flexibility index (Phi) is 2.32. The van der Waals surface area contributed by atoms with Crippen LogP contribution in [0.4, 0.5) is 4.79 Å². The van der Waals surface area contributed by atoms with Crippen molar-refractivity contribution in [2.24, 2.45) is 0 Å². The fourth-order valence-electron chi connectivity index (χ4n) is 1.36. The molecule has 1 fully saturated rings. The topological polar surface area (TPSA) is 49.4 Å². The van der Waals surface area contributed by atoms with Crippen molar-refractivity contribution in [2.75, 3.05) is 0 Å². The molecular formula is C9H16N2O2. The van der Waals surface area contributed by atoms with E-state index in [-0.39, 0.29) is 18.0 Å². The minimum Gasteiger partial charge on any atom is -0.324 e. The number of urea groups is 1. The van der Waals surface area contributed by atoms with Crippen LogP contribution in [-0.2, 0) is 4.79 Å². The molecule has 0 radical (unpaired) electrons. The Balaban J connectivity index is 2.89. The van der Waals surface area contributed by atoms with Crippen molar-refractivity contribution in [1.82, 2.24) is 10.2 Å². The smallest absolute Gasteiger partial charge is 0.324 e. The van der Waals surface area contributed by atoms with E-state index in [2.05, 4.69) is 5.32 Å². The molecule has 1 aliphatic rings. The summed E-state index contributed by atoms with van der Waals surface area (Å²) in [6.45, 7) is 7.26. The van der Waals surface area contributed by atoms with Crippen molar-refractivity contribution in [2.45, 2.75) is 45.7 Å². The Labute approximate surface area is 78.3 Å². The molecule has 0 saturated carbocycles. The molecule has 1 N–H and O–H groups in total. The molecule has 1 heterocycles. The molecule has 0 aromatic carbocycles. The number of rotatable bonds is 2. The lowest BCUT2D eigenvalue weighted by Gasteiger charge is -2.21. The molecule has 0 aliphatic carbocycles. The highest BCUT2D eigenvalue weighted by Gasteiger charge is 2.45. The van der Waals surface area contributed by atoms with Gasteiger partial charge >= 0.3 is 6.03 Å². The highest BCUT2D eigenvalue weighted by atomic mass is 16.2. The highest BCUT2D eigenvalue weighted by molar-refractivity contribution is 6.06. The molecule has 1 saturated heterocycles. The standard InChI is InChI=1S/C9H16N2O2/c1-5-6(2)11-7(12)9(3,4)10-8(11)13/h6H,5H2,1-4H3,(H,10,13). The van der Waals surface area contributed by atoms with E-state index in [1.54, 1.807) is 13.8 Å². The maximum atomic E-state index is 11.7. The highest BCUT2D eigenvalue weighted by Crippen LogP contribution is 2.19. The predicted molar refractivity (Wildman–Crippen MR) is 49.2 cm³/mol. The van der Waals surface area contributed by atoms with E-state index >= 15 is 0 Å². The van der Waals surface area contributed by atoms with Crippen LogP contribution in [0.2, 0.25) is 0 Å². The Bertz CT molecular complexity index is 248. The van der Waals surface area contributed by atoms with Crippen molar-refractivity contribution >= 4 is 11.9 Å². The molecule has 1 rings (SSSR count). The van der Waals surface area contributed by atoms with Gasteiger partial charge in [-0.1, -0.05) is 6.92 Å². The lowest BCUT2D eigenvalue weighted by molar-refractivity contribution is -0.131. The van der Waals surface area contributed by atoms with Gasteiger partial charge in [0.25, 0.3) is 5.91 Å². The summed E-state index contributed by atoms with van der Waals surface area (Å²) in [6, 6.07) is -0.293. The van der Waals surface area contributed by atoms with Crippen molar-refractivity contribution < 1.29 is 9.59 Å². The van der Waals surface area contributed by atoms with Crippen LogP contribution < -0.4 is 5.32 Å². The van der Waals surface area contributed by atoms with Crippen molar-refractivity contribution in [3.05, 3.63) is 0 Å². The number of nitrogens with zero attached hydrogens (tertiary/aromatic N) is 1. The Morgan fingerprint density at radius 3 is 2.31 bits per heavy atom. The fourth-order valence-corrected chi connectivity index (χ4v) is 1.36. The largest absolute Gasteiger partial charge is 0.325 e. The first-order chi connectivity index (χ1) is 5.90. The monoisotopic (exact) mass is 184 g/mol. The van der Waals surface area contributed by atoms with E-state index in [0.29, 0.717) is 0 Å². The van der Waals surface area contributed by atoms with Gasteiger partial charge in [-0.3, -0.25) is 9.69 Å². The quantitative estimate of drug-likeness (QED) is 0.654. The third-order valence-corrected chi connectivity index (χ3v) is 2.42. The number of carbonyl (C=O) groups excluding carboxylic acids is 2. The normalized spacial score (nSPS) is 23.2. The van der Waals surface area contributed by atoms with Crippen LogP contribution >= 0.6 is 0 Å². The van der Waals surface area contributed by atoms with Crippen LogP contribution in [0.15, 0.2) is 0 Å². The average Bonchev–Trinajstić information content (AvgIpc) is 2.21. The van der Waals surface area contributed by atoms with Crippen molar-refractivity contribution in [3.63, 3.8) is 0 Å².